The average Bonchev–Trinajstić information content (AvgIpc) is 2.16. The fourth-order valence-electron chi connectivity index (χ4n) is 2.05. The summed E-state index contributed by atoms with van der Waals surface area (Å²) in [5, 5.41) is 3.52. The smallest absolute Gasteiger partial charge is 0.123 e. The molecule has 0 aromatic heterocycles. The Bertz CT molecular complexity index is 305. The van der Waals surface area contributed by atoms with E-state index in [0.29, 0.717) is 12.0 Å². The van der Waals surface area contributed by atoms with E-state index in [4.69, 9.17) is 0 Å². The zero-order valence-corrected chi connectivity index (χ0v) is 10.6. The second-order valence-corrected chi connectivity index (χ2v) is 4.97. The minimum absolute atomic E-state index is 0.175. The summed E-state index contributed by atoms with van der Waals surface area (Å²) in [6, 6.07) is 7.47. The average molecular weight is 223 g/mol. The number of hydrogen-bond acceptors (Lipinski definition) is 1. The Labute approximate surface area is 98.1 Å². The van der Waals surface area contributed by atoms with Crippen molar-refractivity contribution in [1.29, 1.82) is 0 Å². The standard InChI is InChI=1S/C14H22FN/c1-10(2)9-11(3)16-12(4)13-5-7-14(15)8-6-13/h5-8,10-12,16H,9H2,1-4H3. The van der Waals surface area contributed by atoms with Crippen molar-refractivity contribution >= 4 is 0 Å². The van der Waals surface area contributed by atoms with Crippen LogP contribution in [0.1, 0.15) is 45.7 Å². The van der Waals surface area contributed by atoms with Gasteiger partial charge in [0.15, 0.2) is 0 Å². The normalized spacial score (nSPS) is 15.1. The monoisotopic (exact) mass is 223 g/mol. The number of benzene rings is 1. The molecule has 0 radical (unpaired) electrons. The van der Waals surface area contributed by atoms with Crippen LogP contribution in [-0.4, -0.2) is 6.04 Å². The molecule has 1 rings (SSSR count). The summed E-state index contributed by atoms with van der Waals surface area (Å²) in [5.74, 6) is 0.522. The van der Waals surface area contributed by atoms with Gasteiger partial charge in [-0.15, -0.1) is 0 Å². The summed E-state index contributed by atoms with van der Waals surface area (Å²) in [7, 11) is 0. The van der Waals surface area contributed by atoms with Gasteiger partial charge in [-0.25, -0.2) is 4.39 Å². The zero-order valence-electron chi connectivity index (χ0n) is 10.6. The lowest BCUT2D eigenvalue weighted by molar-refractivity contribution is 0.406. The maximum absolute atomic E-state index is 12.8. The molecule has 0 aliphatic heterocycles. The fourth-order valence-corrected chi connectivity index (χ4v) is 2.05. The lowest BCUT2D eigenvalue weighted by Crippen LogP contribution is -2.30. The molecule has 0 amide bonds. The molecular weight excluding hydrogens is 201 g/mol. The van der Waals surface area contributed by atoms with Gasteiger partial charge in [-0.05, 0) is 43.9 Å². The topological polar surface area (TPSA) is 12.0 Å². The van der Waals surface area contributed by atoms with Crippen molar-refractivity contribution in [2.75, 3.05) is 0 Å². The molecule has 16 heavy (non-hydrogen) atoms. The minimum atomic E-state index is -0.175. The highest BCUT2D eigenvalue weighted by atomic mass is 19.1. The molecule has 1 aromatic rings. The van der Waals surface area contributed by atoms with Crippen molar-refractivity contribution < 1.29 is 4.39 Å². The number of halogens is 1. The van der Waals surface area contributed by atoms with Crippen LogP contribution in [0.3, 0.4) is 0 Å². The van der Waals surface area contributed by atoms with Gasteiger partial charge in [0.1, 0.15) is 5.82 Å². The van der Waals surface area contributed by atoms with Crippen LogP contribution in [0.4, 0.5) is 4.39 Å². The van der Waals surface area contributed by atoms with Crippen LogP contribution in [-0.2, 0) is 0 Å². The summed E-state index contributed by atoms with van der Waals surface area (Å²) in [5.41, 5.74) is 1.14. The molecule has 0 fully saturated rings. The van der Waals surface area contributed by atoms with Crippen LogP contribution in [0, 0.1) is 11.7 Å². The van der Waals surface area contributed by atoms with Gasteiger partial charge in [0.25, 0.3) is 0 Å². The lowest BCUT2D eigenvalue weighted by Gasteiger charge is -2.21. The van der Waals surface area contributed by atoms with E-state index >= 15 is 0 Å². The molecule has 0 aliphatic carbocycles. The Hall–Kier alpha value is -0.890. The fraction of sp³-hybridized carbons (Fsp3) is 0.571. The van der Waals surface area contributed by atoms with Gasteiger partial charge in [-0.1, -0.05) is 26.0 Å². The Balaban J connectivity index is 2.51. The Kier molecular flexibility index (Phi) is 4.94. The highest BCUT2D eigenvalue weighted by Crippen LogP contribution is 2.15. The van der Waals surface area contributed by atoms with Crippen molar-refractivity contribution in [2.24, 2.45) is 5.92 Å². The third-order valence-electron chi connectivity index (χ3n) is 2.73. The van der Waals surface area contributed by atoms with Crippen LogP contribution in [0.15, 0.2) is 24.3 Å². The molecule has 0 heterocycles. The zero-order chi connectivity index (χ0) is 12.1. The van der Waals surface area contributed by atoms with Gasteiger partial charge >= 0.3 is 0 Å². The predicted octanol–water partition coefficient (Wildman–Crippen LogP) is 3.91. The van der Waals surface area contributed by atoms with Gasteiger partial charge < -0.3 is 5.32 Å². The number of hydrogen-bond donors (Lipinski definition) is 1. The van der Waals surface area contributed by atoms with Crippen LogP contribution < -0.4 is 5.32 Å². The predicted molar refractivity (Wildman–Crippen MR) is 66.9 cm³/mol. The largest absolute Gasteiger partial charge is 0.308 e. The number of nitrogens with one attached hydrogen (secondary N) is 1. The summed E-state index contributed by atoms with van der Waals surface area (Å²) in [4.78, 5) is 0. The first-order valence-corrected chi connectivity index (χ1v) is 6.00. The van der Waals surface area contributed by atoms with Crippen LogP contribution in [0.25, 0.3) is 0 Å². The van der Waals surface area contributed by atoms with E-state index in [1.807, 2.05) is 12.1 Å². The van der Waals surface area contributed by atoms with Crippen LogP contribution in [0.2, 0.25) is 0 Å². The lowest BCUT2D eigenvalue weighted by atomic mass is 10.0. The second-order valence-electron chi connectivity index (χ2n) is 4.97. The molecule has 1 aromatic carbocycles. The molecule has 1 nitrogen and oxygen atoms in total. The maximum Gasteiger partial charge on any atom is 0.123 e. The Morgan fingerprint density at radius 2 is 1.62 bits per heavy atom. The Morgan fingerprint density at radius 1 is 1.06 bits per heavy atom. The first-order valence-electron chi connectivity index (χ1n) is 6.00. The summed E-state index contributed by atoms with van der Waals surface area (Å²) in [6.07, 6.45) is 1.16. The molecule has 2 atom stereocenters. The van der Waals surface area contributed by atoms with Crippen molar-refractivity contribution in [1.82, 2.24) is 5.32 Å². The molecule has 2 unspecified atom stereocenters. The van der Waals surface area contributed by atoms with E-state index in [1.54, 1.807) is 0 Å². The minimum Gasteiger partial charge on any atom is -0.308 e. The molecule has 0 aliphatic rings. The number of rotatable bonds is 5. The van der Waals surface area contributed by atoms with E-state index in [-0.39, 0.29) is 11.9 Å². The van der Waals surface area contributed by atoms with Gasteiger partial charge in [-0.3, -0.25) is 0 Å². The first kappa shape index (κ1) is 13.2. The highest BCUT2D eigenvalue weighted by Gasteiger charge is 2.10. The van der Waals surface area contributed by atoms with E-state index in [1.165, 1.54) is 12.1 Å². The van der Waals surface area contributed by atoms with E-state index < -0.39 is 0 Å². The molecular formula is C14H22FN. The van der Waals surface area contributed by atoms with Crippen LogP contribution in [0.5, 0.6) is 0 Å². The van der Waals surface area contributed by atoms with Gasteiger partial charge in [0.2, 0.25) is 0 Å². The van der Waals surface area contributed by atoms with Crippen LogP contribution >= 0.6 is 0 Å². The van der Waals surface area contributed by atoms with Gasteiger partial charge in [-0.2, -0.15) is 0 Å². The van der Waals surface area contributed by atoms with Gasteiger partial charge in [0, 0.05) is 12.1 Å². The molecule has 0 spiro atoms. The molecule has 1 N–H and O–H groups in total. The Morgan fingerprint density at radius 3 is 2.12 bits per heavy atom. The molecule has 0 bridgehead atoms. The maximum atomic E-state index is 12.8. The first-order chi connectivity index (χ1) is 7.49. The van der Waals surface area contributed by atoms with Crippen molar-refractivity contribution in [3.05, 3.63) is 35.6 Å². The highest BCUT2D eigenvalue weighted by molar-refractivity contribution is 5.19. The summed E-state index contributed by atoms with van der Waals surface area (Å²) >= 11 is 0. The van der Waals surface area contributed by atoms with Gasteiger partial charge in [0.05, 0.1) is 0 Å². The quantitative estimate of drug-likeness (QED) is 0.798. The third kappa shape index (κ3) is 4.31. The third-order valence-corrected chi connectivity index (χ3v) is 2.73. The van der Waals surface area contributed by atoms with Crippen molar-refractivity contribution in [3.8, 4) is 0 Å². The molecule has 0 saturated heterocycles. The van der Waals surface area contributed by atoms with E-state index in [9.17, 15) is 4.39 Å². The summed E-state index contributed by atoms with van der Waals surface area (Å²) < 4.78 is 12.8. The molecule has 90 valence electrons. The molecule has 2 heteroatoms. The van der Waals surface area contributed by atoms with Crippen molar-refractivity contribution in [3.63, 3.8) is 0 Å². The van der Waals surface area contributed by atoms with E-state index in [2.05, 4.69) is 33.0 Å². The SMILES string of the molecule is CC(C)CC(C)NC(C)c1ccc(F)cc1. The second kappa shape index (κ2) is 6.00. The molecule has 0 saturated carbocycles. The van der Waals surface area contributed by atoms with Crippen molar-refractivity contribution in [2.45, 2.75) is 46.2 Å². The van der Waals surface area contributed by atoms with E-state index in [0.717, 1.165) is 12.0 Å². The summed E-state index contributed by atoms with van der Waals surface area (Å²) in [6.45, 7) is 8.76.